The van der Waals surface area contributed by atoms with Gasteiger partial charge in [-0.25, -0.2) is 13.4 Å². The number of anilines is 1. The maximum atomic E-state index is 13.4. The summed E-state index contributed by atoms with van der Waals surface area (Å²) in [5.41, 5.74) is 0.398. The third-order valence-electron chi connectivity index (χ3n) is 7.03. The third kappa shape index (κ3) is 5.11. The van der Waals surface area contributed by atoms with E-state index in [4.69, 9.17) is 4.74 Å². The normalized spacial score (nSPS) is 18.8. The Morgan fingerprint density at radius 3 is 2.56 bits per heavy atom. The number of pyridine rings is 1. The van der Waals surface area contributed by atoms with Gasteiger partial charge in [0.15, 0.2) is 20.1 Å². The van der Waals surface area contributed by atoms with Gasteiger partial charge < -0.3 is 14.6 Å². The highest BCUT2D eigenvalue weighted by molar-refractivity contribution is 7.92. The third-order valence-corrected chi connectivity index (χ3v) is 10.1. The van der Waals surface area contributed by atoms with E-state index >= 15 is 0 Å². The Labute approximate surface area is 202 Å². The first-order chi connectivity index (χ1) is 16.2. The second-order valence-electron chi connectivity index (χ2n) is 9.14. The fourth-order valence-electron chi connectivity index (χ4n) is 5.00. The van der Waals surface area contributed by atoms with Gasteiger partial charge in [-0.2, -0.15) is 4.39 Å². The summed E-state index contributed by atoms with van der Waals surface area (Å²) in [5, 5.41) is 1.75. The highest BCUT2D eigenvalue weighted by atomic mass is 32.2. The smallest absolute Gasteiger partial charge is 0.252 e. The lowest BCUT2D eigenvalue weighted by atomic mass is 9.91. The molecule has 11 heteroatoms. The van der Waals surface area contributed by atoms with Gasteiger partial charge in [0, 0.05) is 25.0 Å². The van der Waals surface area contributed by atoms with Crippen molar-refractivity contribution in [2.75, 3.05) is 18.5 Å². The predicted molar refractivity (Wildman–Crippen MR) is 128 cm³/mol. The van der Waals surface area contributed by atoms with Crippen molar-refractivity contribution in [3.05, 3.63) is 39.0 Å². The lowest BCUT2D eigenvalue weighted by molar-refractivity contribution is -0.120. The summed E-state index contributed by atoms with van der Waals surface area (Å²) < 4.78 is 46.7. The first-order valence-electron chi connectivity index (χ1n) is 11.6. The van der Waals surface area contributed by atoms with Crippen molar-refractivity contribution in [3.63, 3.8) is 0 Å². The number of nitrogens with one attached hydrogen (secondary N) is 1. The molecule has 34 heavy (non-hydrogen) atoms. The predicted octanol–water partition coefficient (Wildman–Crippen LogP) is 3.77. The first-order valence-corrected chi connectivity index (χ1v) is 14.0. The molecule has 1 atom stereocenters. The maximum absolute atomic E-state index is 13.4. The molecule has 1 N–H and O–H groups in total. The van der Waals surface area contributed by atoms with Crippen molar-refractivity contribution >= 4 is 32.2 Å². The van der Waals surface area contributed by atoms with Crippen LogP contribution in [0, 0.1) is 24.9 Å². The van der Waals surface area contributed by atoms with Crippen LogP contribution in [0.3, 0.4) is 0 Å². The summed E-state index contributed by atoms with van der Waals surface area (Å²) in [4.78, 5) is 30.6. The maximum Gasteiger partial charge on any atom is 0.252 e. The van der Waals surface area contributed by atoms with Crippen LogP contribution >= 0.6 is 11.3 Å². The Kier molecular flexibility index (Phi) is 7.54. The summed E-state index contributed by atoms with van der Waals surface area (Å²) in [7, 11) is -3.63. The number of carbonyl (C=O) groups excluding carboxylic acids is 1. The molecule has 8 nitrogen and oxygen atoms in total. The van der Waals surface area contributed by atoms with Crippen LogP contribution in [0.4, 0.5) is 9.52 Å². The zero-order valence-electron chi connectivity index (χ0n) is 19.4. The van der Waals surface area contributed by atoms with E-state index in [1.807, 2.05) is 0 Å². The van der Waals surface area contributed by atoms with Gasteiger partial charge in [-0.05, 0) is 57.4 Å². The number of amides is 1. The van der Waals surface area contributed by atoms with E-state index in [-0.39, 0.29) is 15.9 Å². The molecule has 0 bridgehead atoms. The second-order valence-corrected chi connectivity index (χ2v) is 12.3. The van der Waals surface area contributed by atoms with Gasteiger partial charge >= 0.3 is 0 Å². The molecule has 0 radical (unpaired) electrons. The second kappa shape index (κ2) is 10.2. The van der Waals surface area contributed by atoms with E-state index < -0.39 is 37.7 Å². The van der Waals surface area contributed by atoms with Crippen LogP contribution < -0.4 is 10.9 Å². The highest BCUT2D eigenvalue weighted by Gasteiger charge is 2.34. The number of halogens is 1. The molecule has 186 valence electrons. The molecule has 3 heterocycles. The summed E-state index contributed by atoms with van der Waals surface area (Å²) in [6, 6.07) is 0.285. The number of nitrogens with zero attached hydrogens (tertiary/aromatic N) is 2. The van der Waals surface area contributed by atoms with Crippen molar-refractivity contribution in [2.45, 2.75) is 75.0 Å². The van der Waals surface area contributed by atoms with E-state index in [2.05, 4.69) is 10.3 Å². The van der Waals surface area contributed by atoms with Crippen molar-refractivity contribution in [1.82, 2.24) is 9.55 Å². The van der Waals surface area contributed by atoms with E-state index in [0.29, 0.717) is 55.1 Å². The van der Waals surface area contributed by atoms with Gasteiger partial charge in [-0.15, -0.1) is 0 Å². The molecule has 1 aliphatic carbocycles. The number of thiazole rings is 1. The van der Waals surface area contributed by atoms with Crippen LogP contribution in [0.5, 0.6) is 0 Å². The molecule has 4 rings (SSSR count). The number of carbonyl (C=O) groups is 1. The monoisotopic (exact) mass is 511 g/mol. The van der Waals surface area contributed by atoms with Gasteiger partial charge in [-0.1, -0.05) is 24.2 Å². The Hall–Kier alpha value is -2.11. The first kappa shape index (κ1) is 25.0. The molecule has 2 fully saturated rings. The van der Waals surface area contributed by atoms with Gasteiger partial charge in [0.2, 0.25) is 5.91 Å². The Balaban J connectivity index is 1.73. The molecule has 0 spiro atoms. The molecule has 2 aromatic rings. The van der Waals surface area contributed by atoms with Crippen molar-refractivity contribution < 1.29 is 22.3 Å². The van der Waals surface area contributed by atoms with Crippen LogP contribution in [0.2, 0.25) is 0 Å². The van der Waals surface area contributed by atoms with Crippen molar-refractivity contribution in [2.24, 2.45) is 5.92 Å². The number of hydrogen-bond acceptors (Lipinski definition) is 7. The minimum Gasteiger partial charge on any atom is -0.381 e. The van der Waals surface area contributed by atoms with E-state index in [1.54, 1.807) is 13.8 Å². The SMILES string of the molecule is Cc1c(S(=O)(=O)C2CCCC2)cc(=O)n([C@@H](CC2CCOCC2)C(=O)Nc2ncc(F)s2)c1C. The highest BCUT2D eigenvalue weighted by Crippen LogP contribution is 2.33. The zero-order chi connectivity index (χ0) is 24.5. The molecule has 1 amide bonds. The fraction of sp³-hybridized carbons (Fsp3) is 0.609. The van der Waals surface area contributed by atoms with E-state index in [0.717, 1.165) is 31.9 Å². The van der Waals surface area contributed by atoms with Crippen LogP contribution in [0.25, 0.3) is 0 Å². The molecular formula is C23H30FN3O5S2. The quantitative estimate of drug-likeness (QED) is 0.606. The topological polar surface area (TPSA) is 107 Å². The number of sulfone groups is 1. The van der Waals surface area contributed by atoms with Crippen LogP contribution in [-0.4, -0.2) is 42.3 Å². The average Bonchev–Trinajstić information content (AvgIpc) is 3.49. The van der Waals surface area contributed by atoms with Crippen LogP contribution in [0.15, 0.2) is 22.0 Å². The Bertz CT molecular complexity index is 1210. The number of hydrogen-bond donors (Lipinski definition) is 1. The van der Waals surface area contributed by atoms with E-state index in [9.17, 15) is 22.4 Å². The van der Waals surface area contributed by atoms with Crippen molar-refractivity contribution in [1.29, 1.82) is 0 Å². The van der Waals surface area contributed by atoms with Gasteiger partial charge in [0.05, 0.1) is 16.3 Å². The summed E-state index contributed by atoms with van der Waals surface area (Å²) in [6.45, 7) is 4.54. The molecule has 0 unspecified atom stereocenters. The molecular weight excluding hydrogens is 481 g/mol. The molecule has 0 aromatic carbocycles. The minimum absolute atomic E-state index is 0.0605. The van der Waals surface area contributed by atoms with Crippen LogP contribution in [0.1, 0.15) is 62.2 Å². The molecule has 1 saturated heterocycles. The van der Waals surface area contributed by atoms with Gasteiger partial charge in [0.25, 0.3) is 5.56 Å². The molecule has 2 aromatic heterocycles. The Morgan fingerprint density at radius 2 is 1.94 bits per heavy atom. The van der Waals surface area contributed by atoms with Gasteiger partial charge in [-0.3, -0.25) is 9.59 Å². The molecule has 2 aliphatic rings. The molecule has 1 aliphatic heterocycles. The van der Waals surface area contributed by atoms with Crippen LogP contribution in [-0.2, 0) is 19.4 Å². The van der Waals surface area contributed by atoms with Crippen molar-refractivity contribution in [3.8, 4) is 0 Å². The summed E-state index contributed by atoms with van der Waals surface area (Å²) in [6.07, 6.45) is 5.86. The Morgan fingerprint density at radius 1 is 1.26 bits per heavy atom. The standard InChI is InChI=1S/C23H30FN3O5S2/c1-14-15(2)27(21(28)12-19(14)34(30,31)17-5-3-4-6-17)18(11-16-7-9-32-10-8-16)22(29)26-23-25-13-20(24)33-23/h12-13,16-18H,3-11H2,1-2H3,(H,25,26,29)/t18-/m0/s1. The number of rotatable bonds is 7. The minimum atomic E-state index is -3.63. The molecule has 1 saturated carbocycles. The van der Waals surface area contributed by atoms with Gasteiger partial charge in [0.1, 0.15) is 6.04 Å². The lowest BCUT2D eigenvalue weighted by Gasteiger charge is -2.29. The zero-order valence-corrected chi connectivity index (χ0v) is 21.0. The fourth-order valence-corrected chi connectivity index (χ4v) is 7.70. The summed E-state index contributed by atoms with van der Waals surface area (Å²) >= 11 is 0.710. The largest absolute Gasteiger partial charge is 0.381 e. The number of ether oxygens (including phenoxy) is 1. The number of aromatic nitrogens is 2. The average molecular weight is 512 g/mol. The summed E-state index contributed by atoms with van der Waals surface area (Å²) in [5.74, 6) is -0.317. The lowest BCUT2D eigenvalue weighted by Crippen LogP contribution is -2.37. The van der Waals surface area contributed by atoms with E-state index in [1.165, 1.54) is 10.6 Å².